The maximum absolute atomic E-state index is 13.1. The van der Waals surface area contributed by atoms with Gasteiger partial charge in [-0.15, -0.1) is 0 Å². The van der Waals surface area contributed by atoms with Gasteiger partial charge in [0.1, 0.15) is 18.8 Å². The van der Waals surface area contributed by atoms with Gasteiger partial charge in [0.15, 0.2) is 24.6 Å². The largest absolute Gasteiger partial charge is 0.479 e. The molecule has 1 aliphatic heterocycles. The standard InChI is InChI=1S/C65H92O12/c1-4-7-10-13-16-19-22-25-28-29-32-35-38-41-44-47-50-53-59(68)76-63-61(70)60(69)62(64(71)72)77-65(63)74-55-56(75-58(67)52-49-46-43-40-37-34-31-27-24-21-18-15-12-9-6-3)54-73-57(66)51-48-45-42-39-36-33-30-26-23-20-17-14-11-8-5-2/h7-12,16-21,25-28,30-32,35-37,39-41,44-46,48-49,56,60-63,65,69-70H,4-6,13-15,22-24,29,33-34,38,42-43,47,50-55H2,1-3H3,(H,71,72)/b10-7-,11-8-,12-9-,19-16-,20-17-,21-18-,28-25-,30-26-,31-27-,35-32-,39-36-,40-37-,44-41-,48-45-,49-46-. The maximum Gasteiger partial charge on any atom is 0.335 e. The monoisotopic (exact) mass is 1060 g/mol. The number of hydrogen-bond acceptors (Lipinski definition) is 11. The van der Waals surface area contributed by atoms with Crippen LogP contribution in [-0.2, 0) is 42.9 Å². The second kappa shape index (κ2) is 50.6. The smallest absolute Gasteiger partial charge is 0.335 e. The number of esters is 3. The number of carboxylic acids is 1. The van der Waals surface area contributed by atoms with Crippen LogP contribution in [0, 0.1) is 0 Å². The van der Waals surface area contributed by atoms with E-state index in [2.05, 4.69) is 142 Å². The first-order chi connectivity index (χ1) is 37.6. The molecule has 6 atom stereocenters. The number of aliphatic hydroxyl groups is 2. The third-order valence-electron chi connectivity index (χ3n) is 11.0. The highest BCUT2D eigenvalue weighted by atomic mass is 16.7. The summed E-state index contributed by atoms with van der Waals surface area (Å²) in [5.74, 6) is -3.58. The number of carboxylic acid groups (broad SMARTS) is 1. The summed E-state index contributed by atoms with van der Waals surface area (Å²) in [6.45, 7) is 5.41. The van der Waals surface area contributed by atoms with Gasteiger partial charge < -0.3 is 39.0 Å². The van der Waals surface area contributed by atoms with Gasteiger partial charge in [-0.2, -0.15) is 0 Å². The number of carbonyl (C=O) groups is 4. The molecule has 0 aromatic heterocycles. The van der Waals surface area contributed by atoms with E-state index in [-0.39, 0.29) is 19.3 Å². The van der Waals surface area contributed by atoms with E-state index in [4.69, 9.17) is 23.7 Å². The van der Waals surface area contributed by atoms with E-state index in [0.717, 1.165) is 83.5 Å². The first-order valence-electron chi connectivity index (χ1n) is 27.8. The van der Waals surface area contributed by atoms with E-state index >= 15 is 0 Å². The number of unbranched alkanes of at least 4 members (excludes halogenated alkanes) is 1. The van der Waals surface area contributed by atoms with Crippen LogP contribution in [0.2, 0.25) is 0 Å². The van der Waals surface area contributed by atoms with Crippen molar-refractivity contribution in [3.05, 3.63) is 182 Å². The van der Waals surface area contributed by atoms with Crippen LogP contribution in [0.15, 0.2) is 182 Å². The van der Waals surface area contributed by atoms with Crippen molar-refractivity contribution in [1.82, 2.24) is 0 Å². The molecule has 0 spiro atoms. The molecule has 1 aliphatic rings. The highest BCUT2D eigenvalue weighted by molar-refractivity contribution is 5.74. The minimum Gasteiger partial charge on any atom is -0.479 e. The number of hydrogen-bond donors (Lipinski definition) is 3. The number of allylic oxidation sites excluding steroid dienone is 28. The molecule has 3 N–H and O–H groups in total. The third kappa shape index (κ3) is 40.7. The first kappa shape index (κ1) is 68.8. The fourth-order valence-corrected chi connectivity index (χ4v) is 6.90. The molecule has 0 bridgehead atoms. The molecule has 1 saturated heterocycles. The zero-order chi connectivity index (χ0) is 56.1. The van der Waals surface area contributed by atoms with Crippen LogP contribution in [0.3, 0.4) is 0 Å². The number of aliphatic hydroxyl groups excluding tert-OH is 2. The number of carbonyl (C=O) groups excluding carboxylic acids is 3. The van der Waals surface area contributed by atoms with Gasteiger partial charge in [-0.05, 0) is 109 Å². The molecule has 6 unspecified atom stereocenters. The van der Waals surface area contributed by atoms with Crippen molar-refractivity contribution in [1.29, 1.82) is 0 Å². The van der Waals surface area contributed by atoms with Crippen LogP contribution in [0.5, 0.6) is 0 Å². The van der Waals surface area contributed by atoms with Crippen molar-refractivity contribution >= 4 is 23.9 Å². The molecular weight excluding hydrogens is 973 g/mol. The van der Waals surface area contributed by atoms with Crippen molar-refractivity contribution in [2.24, 2.45) is 0 Å². The van der Waals surface area contributed by atoms with Crippen LogP contribution < -0.4 is 0 Å². The Balaban J connectivity index is 2.87. The Morgan fingerprint density at radius 3 is 1.17 bits per heavy atom. The summed E-state index contributed by atoms with van der Waals surface area (Å²) in [7, 11) is 0. The molecule has 0 aromatic carbocycles. The Labute approximate surface area is 461 Å². The molecule has 424 valence electrons. The van der Waals surface area contributed by atoms with Gasteiger partial charge in [0.25, 0.3) is 0 Å². The molecule has 1 heterocycles. The fraction of sp³-hybridized carbons (Fsp3) is 0.477. The summed E-state index contributed by atoms with van der Waals surface area (Å²) >= 11 is 0. The van der Waals surface area contributed by atoms with Crippen molar-refractivity contribution in [2.75, 3.05) is 13.2 Å². The average Bonchev–Trinajstić information content (AvgIpc) is 3.43. The van der Waals surface area contributed by atoms with E-state index in [0.29, 0.717) is 25.7 Å². The highest BCUT2D eigenvalue weighted by Gasteiger charge is 2.50. The lowest BCUT2D eigenvalue weighted by Crippen LogP contribution is -2.61. The molecule has 0 radical (unpaired) electrons. The predicted octanol–water partition coefficient (Wildman–Crippen LogP) is 14.1. The van der Waals surface area contributed by atoms with Crippen LogP contribution in [0.1, 0.15) is 149 Å². The lowest BCUT2D eigenvalue weighted by Gasteiger charge is -2.40. The molecule has 77 heavy (non-hydrogen) atoms. The second-order valence-corrected chi connectivity index (χ2v) is 17.8. The van der Waals surface area contributed by atoms with Gasteiger partial charge in [-0.3, -0.25) is 14.4 Å². The van der Waals surface area contributed by atoms with Crippen molar-refractivity contribution in [2.45, 2.75) is 186 Å². The molecule has 0 aliphatic carbocycles. The third-order valence-corrected chi connectivity index (χ3v) is 11.0. The summed E-state index contributed by atoms with van der Waals surface area (Å²) in [5.41, 5.74) is 0. The van der Waals surface area contributed by atoms with Gasteiger partial charge in [0, 0.05) is 6.42 Å². The number of aliphatic carboxylic acids is 1. The van der Waals surface area contributed by atoms with E-state index < -0.39 is 73.9 Å². The number of rotatable bonds is 43. The SMILES string of the molecule is CC/C=C\C/C=C\C/C=C\C/C=C\C/C=C\CCCC(=O)OC1C(OCC(COC(=O)C/C=C\C/C=C\C/C=C\C/C=C\C/C=C\CC)OC(=O)C/C=C\C/C=C\C/C=C\C/C=C\C/C=C\CC)OC(C(=O)O)C(O)C1O. The Kier molecular flexibility index (Phi) is 45.3. The van der Waals surface area contributed by atoms with E-state index in [1.165, 1.54) is 0 Å². The van der Waals surface area contributed by atoms with Gasteiger partial charge in [0.2, 0.25) is 0 Å². The maximum atomic E-state index is 13.1. The summed E-state index contributed by atoms with van der Waals surface area (Å²) in [5, 5.41) is 31.4. The molecule has 12 heteroatoms. The molecule has 0 saturated carbocycles. The summed E-state index contributed by atoms with van der Waals surface area (Å²) < 4.78 is 28.0. The second-order valence-electron chi connectivity index (χ2n) is 17.8. The normalized spacial score (nSPS) is 19.4. The fourth-order valence-electron chi connectivity index (χ4n) is 6.90. The van der Waals surface area contributed by atoms with Crippen molar-refractivity contribution in [3.63, 3.8) is 0 Å². The number of ether oxygens (including phenoxy) is 5. The Morgan fingerprint density at radius 2 is 0.792 bits per heavy atom. The zero-order valence-corrected chi connectivity index (χ0v) is 46.4. The van der Waals surface area contributed by atoms with Crippen LogP contribution >= 0.6 is 0 Å². The molecule has 0 amide bonds. The van der Waals surface area contributed by atoms with Gasteiger partial charge in [-0.25, -0.2) is 4.79 Å². The molecule has 1 fully saturated rings. The summed E-state index contributed by atoms with van der Waals surface area (Å²) in [4.78, 5) is 50.9. The average molecular weight is 1070 g/mol. The minimum atomic E-state index is -1.96. The van der Waals surface area contributed by atoms with Crippen LogP contribution in [0.4, 0.5) is 0 Å². The lowest BCUT2D eigenvalue weighted by molar-refractivity contribution is -0.301. The predicted molar refractivity (Wildman–Crippen MR) is 311 cm³/mol. The Morgan fingerprint density at radius 1 is 0.442 bits per heavy atom. The van der Waals surface area contributed by atoms with Crippen LogP contribution in [0.25, 0.3) is 0 Å². The quantitative estimate of drug-likeness (QED) is 0.0228. The van der Waals surface area contributed by atoms with E-state index in [1.54, 1.807) is 12.2 Å². The van der Waals surface area contributed by atoms with Crippen molar-refractivity contribution in [3.8, 4) is 0 Å². The molecule has 12 nitrogen and oxygen atoms in total. The van der Waals surface area contributed by atoms with Gasteiger partial charge in [-0.1, -0.05) is 203 Å². The van der Waals surface area contributed by atoms with E-state index in [1.807, 2.05) is 48.6 Å². The molecular formula is C65H92O12. The zero-order valence-electron chi connectivity index (χ0n) is 46.4. The Bertz CT molecular complexity index is 2040. The molecule has 0 aromatic rings. The van der Waals surface area contributed by atoms with Gasteiger partial charge in [0.05, 0.1) is 19.4 Å². The van der Waals surface area contributed by atoms with E-state index in [9.17, 15) is 34.5 Å². The summed E-state index contributed by atoms with van der Waals surface area (Å²) in [6.07, 6.45) is 65.0. The molecule has 1 rings (SSSR count). The Hall–Kier alpha value is -6.18. The topological polar surface area (TPSA) is 175 Å². The van der Waals surface area contributed by atoms with Gasteiger partial charge >= 0.3 is 23.9 Å². The first-order valence-corrected chi connectivity index (χ1v) is 27.8. The highest BCUT2D eigenvalue weighted by Crippen LogP contribution is 2.26. The van der Waals surface area contributed by atoms with Crippen LogP contribution in [-0.4, -0.2) is 89.2 Å². The lowest BCUT2D eigenvalue weighted by atomic mass is 9.98. The van der Waals surface area contributed by atoms with Crippen molar-refractivity contribution < 1.29 is 58.2 Å². The minimum absolute atomic E-state index is 0.0490. The summed E-state index contributed by atoms with van der Waals surface area (Å²) in [6, 6.07) is 0.